The SMILES string of the molecule is CCC1CCCCC1N=C(N)NO. The Labute approximate surface area is 79.2 Å². The Balaban J connectivity index is 2.54. The number of hydrogen-bond acceptors (Lipinski definition) is 2. The summed E-state index contributed by atoms with van der Waals surface area (Å²) >= 11 is 0. The zero-order valence-corrected chi connectivity index (χ0v) is 8.16. The highest BCUT2D eigenvalue weighted by Crippen LogP contribution is 2.28. The lowest BCUT2D eigenvalue weighted by molar-refractivity contribution is 0.229. The highest BCUT2D eigenvalue weighted by atomic mass is 16.5. The number of hydrogen-bond donors (Lipinski definition) is 3. The van der Waals surface area contributed by atoms with Crippen LogP contribution in [-0.2, 0) is 0 Å². The first-order valence-electron chi connectivity index (χ1n) is 5.01. The third-order valence-corrected chi connectivity index (χ3v) is 2.81. The fourth-order valence-corrected chi connectivity index (χ4v) is 2.04. The molecule has 0 spiro atoms. The highest BCUT2D eigenvalue weighted by molar-refractivity contribution is 5.76. The van der Waals surface area contributed by atoms with Crippen LogP contribution in [0.15, 0.2) is 4.99 Å². The minimum Gasteiger partial charge on any atom is -0.368 e. The Morgan fingerprint density at radius 2 is 2.23 bits per heavy atom. The highest BCUT2D eigenvalue weighted by Gasteiger charge is 2.22. The van der Waals surface area contributed by atoms with Crippen molar-refractivity contribution >= 4 is 5.96 Å². The average molecular weight is 185 g/mol. The van der Waals surface area contributed by atoms with Crippen molar-refractivity contribution in [3.8, 4) is 0 Å². The van der Waals surface area contributed by atoms with Crippen LogP contribution in [0.25, 0.3) is 0 Å². The third kappa shape index (κ3) is 2.88. The Morgan fingerprint density at radius 1 is 1.54 bits per heavy atom. The van der Waals surface area contributed by atoms with Gasteiger partial charge in [0.15, 0.2) is 0 Å². The molecule has 1 fully saturated rings. The molecular formula is C9H19N3O. The molecule has 4 nitrogen and oxygen atoms in total. The smallest absolute Gasteiger partial charge is 0.213 e. The maximum atomic E-state index is 8.52. The van der Waals surface area contributed by atoms with Gasteiger partial charge in [-0.15, -0.1) is 0 Å². The molecular weight excluding hydrogens is 166 g/mol. The monoisotopic (exact) mass is 185 g/mol. The van der Waals surface area contributed by atoms with E-state index >= 15 is 0 Å². The normalized spacial score (nSPS) is 30.2. The van der Waals surface area contributed by atoms with Crippen molar-refractivity contribution in [1.29, 1.82) is 0 Å². The van der Waals surface area contributed by atoms with Crippen molar-refractivity contribution < 1.29 is 5.21 Å². The maximum absolute atomic E-state index is 8.52. The van der Waals surface area contributed by atoms with E-state index in [0.29, 0.717) is 12.0 Å². The summed E-state index contributed by atoms with van der Waals surface area (Å²) in [5.74, 6) is 0.783. The third-order valence-electron chi connectivity index (χ3n) is 2.81. The zero-order chi connectivity index (χ0) is 9.68. The summed E-state index contributed by atoms with van der Waals surface area (Å²) < 4.78 is 0. The summed E-state index contributed by atoms with van der Waals surface area (Å²) in [6.45, 7) is 2.18. The molecule has 1 aliphatic carbocycles. The van der Waals surface area contributed by atoms with E-state index in [4.69, 9.17) is 10.9 Å². The molecule has 0 aromatic rings. The van der Waals surface area contributed by atoms with E-state index in [2.05, 4.69) is 11.9 Å². The summed E-state index contributed by atoms with van der Waals surface area (Å²) in [5.41, 5.74) is 7.29. The van der Waals surface area contributed by atoms with E-state index < -0.39 is 0 Å². The number of nitrogens with zero attached hydrogens (tertiary/aromatic N) is 1. The van der Waals surface area contributed by atoms with Crippen LogP contribution in [-0.4, -0.2) is 17.2 Å². The second kappa shape index (κ2) is 5.07. The molecule has 2 unspecified atom stereocenters. The molecule has 0 aromatic heterocycles. The van der Waals surface area contributed by atoms with E-state index in [9.17, 15) is 0 Å². The van der Waals surface area contributed by atoms with Crippen LogP contribution in [0.2, 0.25) is 0 Å². The van der Waals surface area contributed by atoms with Gasteiger partial charge in [0.05, 0.1) is 6.04 Å². The topological polar surface area (TPSA) is 70.6 Å². The summed E-state index contributed by atoms with van der Waals surface area (Å²) in [6, 6.07) is 0.304. The van der Waals surface area contributed by atoms with Gasteiger partial charge < -0.3 is 5.73 Å². The van der Waals surface area contributed by atoms with Gasteiger partial charge in [0, 0.05) is 0 Å². The van der Waals surface area contributed by atoms with E-state index in [1.165, 1.54) is 19.3 Å². The number of rotatable bonds is 2. The summed E-state index contributed by atoms with van der Waals surface area (Å²) in [5, 5.41) is 8.52. The van der Waals surface area contributed by atoms with E-state index in [-0.39, 0.29) is 5.96 Å². The molecule has 2 atom stereocenters. The summed E-state index contributed by atoms with van der Waals surface area (Å²) in [7, 11) is 0. The second-order valence-electron chi connectivity index (χ2n) is 3.65. The Bertz CT molecular complexity index is 182. The number of guanidine groups is 1. The molecule has 1 rings (SSSR count). The average Bonchev–Trinajstić information content (AvgIpc) is 2.18. The van der Waals surface area contributed by atoms with Crippen LogP contribution >= 0.6 is 0 Å². The van der Waals surface area contributed by atoms with Gasteiger partial charge in [-0.25, -0.2) is 10.5 Å². The lowest BCUT2D eigenvalue weighted by Crippen LogP contribution is -2.33. The van der Waals surface area contributed by atoms with Crippen LogP contribution in [0.1, 0.15) is 39.0 Å². The van der Waals surface area contributed by atoms with Crippen molar-refractivity contribution in [3.05, 3.63) is 0 Å². The number of hydroxylamine groups is 1. The van der Waals surface area contributed by atoms with Gasteiger partial charge in [-0.1, -0.05) is 26.2 Å². The molecule has 0 radical (unpaired) electrons. The van der Waals surface area contributed by atoms with E-state index in [1.807, 2.05) is 5.48 Å². The lowest BCUT2D eigenvalue weighted by atomic mass is 9.83. The van der Waals surface area contributed by atoms with Crippen molar-refractivity contribution in [3.63, 3.8) is 0 Å². The first-order valence-corrected chi connectivity index (χ1v) is 5.01. The van der Waals surface area contributed by atoms with Gasteiger partial charge in [-0.3, -0.25) is 5.21 Å². The minimum atomic E-state index is 0.144. The predicted octanol–water partition coefficient (Wildman–Crippen LogP) is 1.25. The Hall–Kier alpha value is -0.770. The molecule has 0 amide bonds. The number of aliphatic imine (C=N–C) groups is 1. The van der Waals surface area contributed by atoms with Crippen molar-refractivity contribution in [1.82, 2.24) is 5.48 Å². The molecule has 1 saturated carbocycles. The number of nitrogens with one attached hydrogen (secondary N) is 1. The maximum Gasteiger partial charge on any atom is 0.213 e. The molecule has 0 bridgehead atoms. The molecule has 0 aliphatic heterocycles. The quantitative estimate of drug-likeness (QED) is 0.344. The largest absolute Gasteiger partial charge is 0.368 e. The molecule has 0 heterocycles. The zero-order valence-electron chi connectivity index (χ0n) is 8.16. The fourth-order valence-electron chi connectivity index (χ4n) is 2.04. The van der Waals surface area contributed by atoms with Gasteiger partial charge >= 0.3 is 0 Å². The van der Waals surface area contributed by atoms with Gasteiger partial charge in [0.1, 0.15) is 0 Å². The molecule has 0 aromatic carbocycles. The molecule has 1 aliphatic rings. The Kier molecular flexibility index (Phi) is 4.02. The standard InChI is InChI=1S/C9H19N3O/c1-2-7-5-3-4-6-8(7)11-9(10)12-13/h7-8,13H,2-6H2,1H3,(H3,10,11,12). The second-order valence-corrected chi connectivity index (χ2v) is 3.65. The molecule has 76 valence electrons. The van der Waals surface area contributed by atoms with E-state index in [1.54, 1.807) is 0 Å². The Morgan fingerprint density at radius 3 is 2.85 bits per heavy atom. The lowest BCUT2D eigenvalue weighted by Gasteiger charge is -2.27. The molecule has 4 N–H and O–H groups in total. The molecule has 4 heteroatoms. The van der Waals surface area contributed by atoms with Gasteiger partial charge in [0.25, 0.3) is 0 Å². The number of nitrogens with two attached hydrogens (primary N) is 1. The minimum absolute atomic E-state index is 0.144. The van der Waals surface area contributed by atoms with Gasteiger partial charge in [-0.05, 0) is 18.8 Å². The van der Waals surface area contributed by atoms with Crippen LogP contribution in [0, 0.1) is 5.92 Å². The van der Waals surface area contributed by atoms with Crippen LogP contribution in [0.4, 0.5) is 0 Å². The van der Waals surface area contributed by atoms with Crippen molar-refractivity contribution in [2.45, 2.75) is 45.1 Å². The van der Waals surface area contributed by atoms with Gasteiger partial charge in [-0.2, -0.15) is 0 Å². The van der Waals surface area contributed by atoms with Crippen LogP contribution in [0.5, 0.6) is 0 Å². The summed E-state index contributed by atoms with van der Waals surface area (Å²) in [6.07, 6.45) is 6.01. The van der Waals surface area contributed by atoms with Crippen molar-refractivity contribution in [2.75, 3.05) is 0 Å². The fraction of sp³-hybridized carbons (Fsp3) is 0.889. The van der Waals surface area contributed by atoms with Crippen LogP contribution < -0.4 is 11.2 Å². The van der Waals surface area contributed by atoms with Crippen molar-refractivity contribution in [2.24, 2.45) is 16.6 Å². The van der Waals surface area contributed by atoms with Crippen LogP contribution in [0.3, 0.4) is 0 Å². The molecule has 0 saturated heterocycles. The molecule has 13 heavy (non-hydrogen) atoms. The van der Waals surface area contributed by atoms with E-state index in [0.717, 1.165) is 12.8 Å². The first kappa shape index (κ1) is 10.3. The summed E-state index contributed by atoms with van der Waals surface area (Å²) in [4.78, 5) is 4.24. The predicted molar refractivity (Wildman–Crippen MR) is 52.6 cm³/mol. The first-order chi connectivity index (χ1) is 6.27. The van der Waals surface area contributed by atoms with Gasteiger partial charge in [0.2, 0.25) is 5.96 Å².